The lowest BCUT2D eigenvalue weighted by Gasteiger charge is -2.13. The van der Waals surface area contributed by atoms with E-state index in [2.05, 4.69) is 34.6 Å². The molecule has 0 radical (unpaired) electrons. The molecule has 3 aromatic heterocycles. The molecule has 0 spiro atoms. The Hall–Kier alpha value is -2.05. The van der Waals surface area contributed by atoms with E-state index in [9.17, 15) is 0 Å². The molecule has 5 nitrogen and oxygen atoms in total. The molecule has 0 aliphatic heterocycles. The van der Waals surface area contributed by atoms with Crippen molar-refractivity contribution < 1.29 is 0 Å². The molecule has 3 aromatic rings. The van der Waals surface area contributed by atoms with E-state index in [1.807, 2.05) is 29.1 Å². The van der Waals surface area contributed by atoms with Gasteiger partial charge in [-0.2, -0.15) is 5.10 Å². The van der Waals surface area contributed by atoms with E-state index in [-0.39, 0.29) is 6.04 Å². The van der Waals surface area contributed by atoms with Crippen LogP contribution in [0, 0.1) is 6.92 Å². The lowest BCUT2D eigenvalue weighted by molar-refractivity contribution is 0.569. The van der Waals surface area contributed by atoms with E-state index < -0.39 is 0 Å². The molecule has 4 rings (SSSR count). The van der Waals surface area contributed by atoms with Gasteiger partial charge in [-0.25, -0.2) is 14.6 Å². The van der Waals surface area contributed by atoms with E-state index in [0.29, 0.717) is 0 Å². The molecule has 1 aliphatic carbocycles. The molecule has 3 heterocycles. The maximum absolute atomic E-state index is 4.74. The van der Waals surface area contributed by atoms with E-state index in [4.69, 9.17) is 4.98 Å². The number of hydrogen-bond donors (Lipinski definition) is 1. The van der Waals surface area contributed by atoms with Crippen LogP contribution in [0.3, 0.4) is 0 Å². The summed E-state index contributed by atoms with van der Waals surface area (Å²) in [6.07, 6.45) is 6.33. The molecule has 0 bridgehead atoms. The van der Waals surface area contributed by atoms with Gasteiger partial charge in [-0.05, 0) is 38.8 Å². The van der Waals surface area contributed by atoms with Gasteiger partial charge in [0.05, 0.1) is 11.9 Å². The molecule has 1 N–H and O–H groups in total. The first-order valence-electron chi connectivity index (χ1n) is 8.36. The van der Waals surface area contributed by atoms with Gasteiger partial charge in [-0.1, -0.05) is 6.07 Å². The quantitative estimate of drug-likeness (QED) is 0.743. The fourth-order valence-corrected chi connectivity index (χ4v) is 3.71. The molecule has 1 aliphatic rings. The van der Waals surface area contributed by atoms with Crippen LogP contribution in [-0.2, 0) is 6.54 Å². The molecule has 24 heavy (non-hydrogen) atoms. The molecule has 0 amide bonds. The molecule has 1 fully saturated rings. The summed E-state index contributed by atoms with van der Waals surface area (Å²) in [5, 5.41) is 11.4. The Morgan fingerprint density at radius 2 is 2.25 bits per heavy atom. The van der Waals surface area contributed by atoms with Crippen LogP contribution >= 0.6 is 11.3 Å². The highest BCUT2D eigenvalue weighted by atomic mass is 32.1. The minimum Gasteiger partial charge on any atom is -0.304 e. The smallest absolute Gasteiger partial charge is 0.153 e. The van der Waals surface area contributed by atoms with Crippen molar-refractivity contribution >= 4 is 11.3 Å². The Kier molecular flexibility index (Phi) is 4.16. The van der Waals surface area contributed by atoms with E-state index in [0.717, 1.165) is 24.0 Å². The van der Waals surface area contributed by atoms with Crippen molar-refractivity contribution in [3.8, 4) is 5.82 Å². The van der Waals surface area contributed by atoms with Crippen LogP contribution in [-0.4, -0.2) is 19.7 Å². The first-order chi connectivity index (χ1) is 11.7. The third kappa shape index (κ3) is 3.12. The molecule has 6 heteroatoms. The molecule has 0 unspecified atom stereocenters. The average molecular weight is 339 g/mol. The van der Waals surface area contributed by atoms with Crippen LogP contribution in [0.5, 0.6) is 0 Å². The highest BCUT2D eigenvalue weighted by Gasteiger charge is 2.26. The number of rotatable bonds is 6. The second kappa shape index (κ2) is 6.45. The third-order valence-corrected chi connectivity index (χ3v) is 5.37. The van der Waals surface area contributed by atoms with Gasteiger partial charge in [0.2, 0.25) is 0 Å². The van der Waals surface area contributed by atoms with Crippen molar-refractivity contribution in [1.82, 2.24) is 25.1 Å². The summed E-state index contributed by atoms with van der Waals surface area (Å²) in [5.41, 5.74) is 3.59. The van der Waals surface area contributed by atoms with Crippen LogP contribution in [0.2, 0.25) is 0 Å². The average Bonchev–Trinajstić information content (AvgIpc) is 3.22. The number of nitrogens with one attached hydrogen (secondary N) is 1. The van der Waals surface area contributed by atoms with E-state index >= 15 is 0 Å². The van der Waals surface area contributed by atoms with Gasteiger partial charge < -0.3 is 5.32 Å². The second-order valence-corrected chi connectivity index (χ2v) is 7.27. The van der Waals surface area contributed by atoms with Crippen LogP contribution < -0.4 is 5.32 Å². The number of aromatic nitrogens is 4. The zero-order valence-electron chi connectivity index (χ0n) is 13.9. The summed E-state index contributed by atoms with van der Waals surface area (Å²) in [6, 6.07) is 6.08. The first kappa shape index (κ1) is 15.5. The van der Waals surface area contributed by atoms with Crippen molar-refractivity contribution in [3.63, 3.8) is 0 Å². The minimum absolute atomic E-state index is 0.218. The topological polar surface area (TPSA) is 55.6 Å². The summed E-state index contributed by atoms with van der Waals surface area (Å²) >= 11 is 1.76. The fourth-order valence-electron chi connectivity index (χ4n) is 2.88. The third-order valence-electron chi connectivity index (χ3n) is 4.51. The highest BCUT2D eigenvalue weighted by molar-refractivity contribution is 7.09. The van der Waals surface area contributed by atoms with Gasteiger partial charge in [0, 0.05) is 41.3 Å². The van der Waals surface area contributed by atoms with Crippen molar-refractivity contribution in [1.29, 1.82) is 0 Å². The minimum atomic E-state index is 0.218. The first-order valence-corrected chi connectivity index (χ1v) is 9.24. The van der Waals surface area contributed by atoms with Gasteiger partial charge in [0.1, 0.15) is 5.01 Å². The molecular formula is C18H21N5S. The summed E-state index contributed by atoms with van der Waals surface area (Å²) in [4.78, 5) is 9.11. The Morgan fingerprint density at radius 3 is 3.00 bits per heavy atom. The van der Waals surface area contributed by atoms with Gasteiger partial charge in [0.25, 0.3) is 0 Å². The zero-order chi connectivity index (χ0) is 16.5. The number of hydrogen-bond acceptors (Lipinski definition) is 5. The van der Waals surface area contributed by atoms with Gasteiger partial charge >= 0.3 is 0 Å². The predicted molar refractivity (Wildman–Crippen MR) is 95.4 cm³/mol. The summed E-state index contributed by atoms with van der Waals surface area (Å²) in [6.45, 7) is 5.05. The highest BCUT2D eigenvalue weighted by Crippen LogP contribution is 2.40. The number of pyridine rings is 1. The standard InChI is InChI=1S/C18H21N5S/c1-12(20-10-18-22-16(11-24-18)14-6-7-14)15-9-21-23(13(15)2)17-5-3-4-8-19-17/h3-5,8-9,11-12,14,20H,6-7,10H2,1-2H3/t12-/m1/s1. The van der Waals surface area contributed by atoms with Gasteiger partial charge in [0.15, 0.2) is 5.82 Å². The lowest BCUT2D eigenvalue weighted by atomic mass is 10.1. The van der Waals surface area contributed by atoms with Gasteiger partial charge in [-0.3, -0.25) is 0 Å². The largest absolute Gasteiger partial charge is 0.304 e. The Morgan fingerprint density at radius 1 is 1.38 bits per heavy atom. The van der Waals surface area contributed by atoms with Crippen molar-refractivity contribution in [3.05, 3.63) is 57.9 Å². The Bertz CT molecular complexity index is 819. The molecule has 1 atom stereocenters. The molecule has 124 valence electrons. The summed E-state index contributed by atoms with van der Waals surface area (Å²) in [7, 11) is 0. The predicted octanol–water partition coefficient (Wildman–Crippen LogP) is 3.76. The summed E-state index contributed by atoms with van der Waals surface area (Å²) in [5.74, 6) is 1.58. The second-order valence-electron chi connectivity index (χ2n) is 6.33. The molecular weight excluding hydrogens is 318 g/mol. The number of nitrogens with zero attached hydrogens (tertiary/aromatic N) is 4. The maximum atomic E-state index is 4.74. The monoisotopic (exact) mass is 339 g/mol. The molecule has 0 aromatic carbocycles. The van der Waals surface area contributed by atoms with E-state index in [1.54, 1.807) is 17.5 Å². The van der Waals surface area contributed by atoms with Crippen LogP contribution in [0.1, 0.15) is 53.7 Å². The van der Waals surface area contributed by atoms with Crippen LogP contribution in [0.15, 0.2) is 36.0 Å². The van der Waals surface area contributed by atoms with Crippen molar-refractivity contribution in [2.75, 3.05) is 0 Å². The molecule has 1 saturated carbocycles. The SMILES string of the molecule is Cc1c([C@@H](C)NCc2nc(C3CC3)cs2)cnn1-c1ccccn1. The van der Waals surface area contributed by atoms with Crippen LogP contribution in [0.25, 0.3) is 5.82 Å². The Labute approximate surface area is 145 Å². The normalized spacial score (nSPS) is 15.6. The van der Waals surface area contributed by atoms with Gasteiger partial charge in [-0.15, -0.1) is 11.3 Å². The van der Waals surface area contributed by atoms with E-state index in [1.165, 1.54) is 29.1 Å². The van der Waals surface area contributed by atoms with Crippen LogP contribution in [0.4, 0.5) is 0 Å². The fraction of sp³-hybridized carbons (Fsp3) is 0.389. The summed E-state index contributed by atoms with van der Waals surface area (Å²) < 4.78 is 1.89. The van der Waals surface area contributed by atoms with Crippen molar-refractivity contribution in [2.45, 2.75) is 45.2 Å². The molecule has 0 saturated heterocycles. The lowest BCUT2D eigenvalue weighted by Crippen LogP contribution is -2.18. The Balaban J connectivity index is 1.44. The number of thiazole rings is 1. The zero-order valence-corrected chi connectivity index (χ0v) is 14.8. The maximum Gasteiger partial charge on any atom is 0.153 e. The van der Waals surface area contributed by atoms with Crippen molar-refractivity contribution in [2.24, 2.45) is 0 Å².